The van der Waals surface area contributed by atoms with Crippen LogP contribution in [0.25, 0.3) is 0 Å². The van der Waals surface area contributed by atoms with Gasteiger partial charge in [0, 0.05) is 34.3 Å². The van der Waals surface area contributed by atoms with Gasteiger partial charge in [0.05, 0.1) is 0 Å². The van der Waals surface area contributed by atoms with Crippen LogP contribution in [0.2, 0.25) is 0 Å². The van der Waals surface area contributed by atoms with E-state index in [1.807, 2.05) is 6.92 Å². The molecule has 0 aliphatic carbocycles. The lowest BCUT2D eigenvalue weighted by atomic mass is 10.0. The molecule has 4 nitrogen and oxygen atoms in total. The summed E-state index contributed by atoms with van der Waals surface area (Å²) in [7, 11) is 0. The van der Waals surface area contributed by atoms with Gasteiger partial charge in [0.15, 0.2) is 0 Å². The van der Waals surface area contributed by atoms with Crippen molar-refractivity contribution in [1.29, 1.82) is 5.41 Å². The maximum atomic E-state index is 12.3. The average molecular weight is 318 g/mol. The summed E-state index contributed by atoms with van der Waals surface area (Å²) in [5, 5.41) is 11.1. The smallest absolute Gasteiger partial charge is 0.387 e. The summed E-state index contributed by atoms with van der Waals surface area (Å²) >= 11 is 0. The van der Waals surface area contributed by atoms with Crippen molar-refractivity contribution in [3.63, 3.8) is 0 Å². The van der Waals surface area contributed by atoms with Gasteiger partial charge in [-0.2, -0.15) is 8.78 Å². The summed E-state index contributed by atoms with van der Waals surface area (Å²) in [6.07, 6.45) is 1.22. The fourth-order valence-electron chi connectivity index (χ4n) is 2.09. The first-order valence-corrected chi connectivity index (χ1v) is 7.02. The molecule has 0 bridgehead atoms. The van der Waals surface area contributed by atoms with Crippen LogP contribution in [0, 0.1) is 5.41 Å². The third kappa shape index (κ3) is 4.35. The number of ether oxygens (including phenoxy) is 1. The molecule has 0 spiro atoms. The summed E-state index contributed by atoms with van der Waals surface area (Å²) in [5.41, 5.74) is 2.61. The van der Waals surface area contributed by atoms with E-state index < -0.39 is 6.61 Å². The molecular formula is C17H16F2N2O2. The molecule has 0 heterocycles. The van der Waals surface area contributed by atoms with Gasteiger partial charge in [0.1, 0.15) is 12.0 Å². The predicted octanol–water partition coefficient (Wildman–Crippen LogP) is 4.62. The number of hydrogen-bond donors (Lipinski definition) is 2. The van der Waals surface area contributed by atoms with Crippen molar-refractivity contribution < 1.29 is 18.3 Å². The molecule has 0 unspecified atom stereocenters. The van der Waals surface area contributed by atoms with Crippen molar-refractivity contribution in [2.45, 2.75) is 20.0 Å². The SMILES string of the molecule is CCC(=N)c1cc(C=O)ccc1Nc1cccc(OC(F)F)c1. The van der Waals surface area contributed by atoms with Gasteiger partial charge in [-0.05, 0) is 36.8 Å². The lowest BCUT2D eigenvalue weighted by Crippen LogP contribution is -2.05. The molecule has 0 aromatic heterocycles. The van der Waals surface area contributed by atoms with E-state index in [0.29, 0.717) is 40.9 Å². The Bertz CT molecular complexity index is 717. The predicted molar refractivity (Wildman–Crippen MR) is 85.3 cm³/mol. The Morgan fingerprint density at radius 2 is 2.09 bits per heavy atom. The fourth-order valence-corrected chi connectivity index (χ4v) is 2.09. The van der Waals surface area contributed by atoms with Crippen molar-refractivity contribution in [3.8, 4) is 5.75 Å². The van der Waals surface area contributed by atoms with Crippen molar-refractivity contribution in [2.75, 3.05) is 5.32 Å². The van der Waals surface area contributed by atoms with Gasteiger partial charge < -0.3 is 15.5 Å². The summed E-state index contributed by atoms with van der Waals surface area (Å²) in [4.78, 5) is 10.9. The molecule has 2 rings (SSSR count). The van der Waals surface area contributed by atoms with E-state index >= 15 is 0 Å². The molecule has 23 heavy (non-hydrogen) atoms. The van der Waals surface area contributed by atoms with Crippen molar-refractivity contribution in [1.82, 2.24) is 0 Å². The van der Waals surface area contributed by atoms with Gasteiger partial charge in [-0.3, -0.25) is 4.79 Å². The molecule has 120 valence electrons. The van der Waals surface area contributed by atoms with E-state index in [4.69, 9.17) is 5.41 Å². The summed E-state index contributed by atoms with van der Waals surface area (Å²) in [5.74, 6) is 0.0432. The molecule has 0 saturated carbocycles. The van der Waals surface area contributed by atoms with E-state index in [1.54, 1.807) is 30.3 Å². The van der Waals surface area contributed by atoms with Gasteiger partial charge in [-0.15, -0.1) is 0 Å². The van der Waals surface area contributed by atoms with Crippen LogP contribution >= 0.6 is 0 Å². The number of carbonyl (C=O) groups is 1. The van der Waals surface area contributed by atoms with Crippen LogP contribution in [-0.4, -0.2) is 18.6 Å². The highest BCUT2D eigenvalue weighted by molar-refractivity contribution is 6.04. The molecule has 0 atom stereocenters. The van der Waals surface area contributed by atoms with Gasteiger partial charge in [-0.1, -0.05) is 13.0 Å². The first-order valence-electron chi connectivity index (χ1n) is 7.02. The number of alkyl halides is 2. The fraction of sp³-hybridized carbons (Fsp3) is 0.176. The third-order valence-electron chi connectivity index (χ3n) is 3.20. The van der Waals surface area contributed by atoms with Crippen LogP contribution in [0.5, 0.6) is 5.75 Å². The maximum Gasteiger partial charge on any atom is 0.387 e. The summed E-state index contributed by atoms with van der Waals surface area (Å²) < 4.78 is 28.9. The van der Waals surface area contributed by atoms with Crippen LogP contribution in [0.15, 0.2) is 42.5 Å². The zero-order valence-electron chi connectivity index (χ0n) is 12.5. The monoisotopic (exact) mass is 318 g/mol. The molecule has 0 radical (unpaired) electrons. The van der Waals surface area contributed by atoms with Crippen LogP contribution in [0.4, 0.5) is 20.2 Å². The molecular weight excluding hydrogens is 302 g/mol. The molecule has 2 N–H and O–H groups in total. The Hall–Kier alpha value is -2.76. The van der Waals surface area contributed by atoms with Crippen LogP contribution in [0.1, 0.15) is 29.3 Å². The Morgan fingerprint density at radius 1 is 1.30 bits per heavy atom. The molecule has 0 saturated heterocycles. The van der Waals surface area contributed by atoms with E-state index in [9.17, 15) is 13.6 Å². The zero-order chi connectivity index (χ0) is 16.8. The minimum absolute atomic E-state index is 0.0432. The second-order valence-corrected chi connectivity index (χ2v) is 4.79. The number of rotatable bonds is 7. The number of benzene rings is 2. The van der Waals surface area contributed by atoms with Crippen LogP contribution in [-0.2, 0) is 0 Å². The van der Waals surface area contributed by atoms with Crippen LogP contribution < -0.4 is 10.1 Å². The van der Waals surface area contributed by atoms with Crippen LogP contribution in [0.3, 0.4) is 0 Å². The van der Waals surface area contributed by atoms with E-state index in [1.165, 1.54) is 12.1 Å². The maximum absolute atomic E-state index is 12.3. The molecule has 0 fully saturated rings. The standard InChI is InChI=1S/C17H16F2N2O2/c1-2-15(20)14-8-11(10-22)6-7-16(14)21-12-4-3-5-13(9-12)23-17(18)19/h3-10,17,20-21H,2H2,1H3. The van der Waals surface area contributed by atoms with Crippen molar-refractivity contribution in [2.24, 2.45) is 0 Å². The minimum atomic E-state index is -2.89. The highest BCUT2D eigenvalue weighted by Crippen LogP contribution is 2.26. The number of aldehydes is 1. The van der Waals surface area contributed by atoms with Gasteiger partial charge >= 0.3 is 6.61 Å². The molecule has 0 aliphatic rings. The number of hydrogen-bond acceptors (Lipinski definition) is 4. The number of halogens is 2. The number of nitrogens with one attached hydrogen (secondary N) is 2. The van der Waals surface area contributed by atoms with Crippen molar-refractivity contribution in [3.05, 3.63) is 53.6 Å². The zero-order valence-corrected chi connectivity index (χ0v) is 12.5. The normalized spacial score (nSPS) is 10.4. The minimum Gasteiger partial charge on any atom is -0.435 e. The van der Waals surface area contributed by atoms with Gasteiger partial charge in [0.2, 0.25) is 0 Å². The average Bonchev–Trinajstić information content (AvgIpc) is 2.54. The van der Waals surface area contributed by atoms with Gasteiger partial charge in [-0.25, -0.2) is 0 Å². The number of anilines is 2. The second kappa shape index (κ2) is 7.49. The second-order valence-electron chi connectivity index (χ2n) is 4.79. The highest BCUT2D eigenvalue weighted by atomic mass is 19.3. The van der Waals surface area contributed by atoms with E-state index in [0.717, 1.165) is 0 Å². The first-order chi connectivity index (χ1) is 11.0. The lowest BCUT2D eigenvalue weighted by Gasteiger charge is -2.14. The molecule has 2 aromatic carbocycles. The summed E-state index contributed by atoms with van der Waals surface area (Å²) in [6.45, 7) is -1.04. The van der Waals surface area contributed by atoms with Gasteiger partial charge in [0.25, 0.3) is 0 Å². The topological polar surface area (TPSA) is 62.2 Å². The molecule has 0 aliphatic heterocycles. The number of carbonyl (C=O) groups excluding carboxylic acids is 1. The Kier molecular flexibility index (Phi) is 5.41. The van der Waals surface area contributed by atoms with Crippen molar-refractivity contribution >= 4 is 23.4 Å². The lowest BCUT2D eigenvalue weighted by molar-refractivity contribution is -0.0498. The Balaban J connectivity index is 2.32. The Labute approximate surface area is 132 Å². The largest absolute Gasteiger partial charge is 0.435 e. The third-order valence-corrected chi connectivity index (χ3v) is 3.20. The highest BCUT2D eigenvalue weighted by Gasteiger charge is 2.10. The molecule has 6 heteroatoms. The summed E-state index contributed by atoms with van der Waals surface area (Å²) in [6, 6.07) is 11.1. The molecule has 0 amide bonds. The van der Waals surface area contributed by atoms with E-state index in [-0.39, 0.29) is 5.75 Å². The first kappa shape index (κ1) is 16.6. The Morgan fingerprint density at radius 3 is 2.74 bits per heavy atom. The quantitative estimate of drug-likeness (QED) is 0.578. The van der Waals surface area contributed by atoms with E-state index in [2.05, 4.69) is 10.1 Å². The molecule has 2 aromatic rings.